The molecule has 0 aliphatic heterocycles. The van der Waals surface area contributed by atoms with Gasteiger partial charge in [0, 0.05) is 6.42 Å². The van der Waals surface area contributed by atoms with Crippen LogP contribution in [-0.2, 0) is 14.3 Å². The molecule has 0 aromatic carbocycles. The molecule has 0 rings (SSSR count). The number of esters is 2. The molecule has 1 atom stereocenters. The molecule has 0 amide bonds. The van der Waals surface area contributed by atoms with Crippen LogP contribution in [0.1, 0.15) is 116 Å². The van der Waals surface area contributed by atoms with Gasteiger partial charge < -0.3 is 16.2 Å². The fourth-order valence-corrected chi connectivity index (χ4v) is 3.21. The highest BCUT2D eigenvalue weighted by atomic mass is 16.6. The maximum atomic E-state index is 11.7. The van der Waals surface area contributed by atoms with Crippen molar-refractivity contribution < 1.29 is 14.3 Å². The largest absolute Gasteiger partial charge is 0.392 e. The van der Waals surface area contributed by atoms with Crippen molar-refractivity contribution in [2.24, 2.45) is 11.5 Å². The van der Waals surface area contributed by atoms with Crippen molar-refractivity contribution in [2.45, 2.75) is 122 Å². The predicted octanol–water partition coefficient (Wildman–Crippen LogP) is 5.55. The summed E-state index contributed by atoms with van der Waals surface area (Å²) in [5.74, 6) is -1.07. The Hall–Kier alpha value is -1.20. The number of carbonyl (C=O) groups is 2. The lowest BCUT2D eigenvalue weighted by atomic mass is 10.1. The molecule has 0 bridgehead atoms. The van der Waals surface area contributed by atoms with Crippen LogP contribution in [0.4, 0.5) is 0 Å². The second-order valence-corrected chi connectivity index (χ2v) is 8.02. The van der Waals surface area contributed by atoms with E-state index in [2.05, 4.69) is 19.1 Å². The van der Waals surface area contributed by atoms with E-state index in [1.165, 1.54) is 57.8 Å². The SMILES string of the molecule is CCCCCCCC/C=C/CCCCCCCC(=O)OC(=O)[C@@H](N)CCCCN. The molecule has 0 aromatic heterocycles. The van der Waals surface area contributed by atoms with Gasteiger partial charge in [-0.05, 0) is 51.5 Å². The summed E-state index contributed by atoms with van der Waals surface area (Å²) < 4.78 is 4.82. The molecule has 0 saturated heterocycles. The quantitative estimate of drug-likeness (QED) is 0.119. The highest BCUT2D eigenvalue weighted by molar-refractivity contribution is 5.88. The fourth-order valence-electron chi connectivity index (χ4n) is 3.21. The first kappa shape index (κ1) is 27.8. The molecule has 0 fully saturated rings. The molecule has 0 unspecified atom stereocenters. The Labute approximate surface area is 179 Å². The molecule has 0 saturated carbocycles. The van der Waals surface area contributed by atoms with E-state index in [1.54, 1.807) is 0 Å². The Bertz CT molecular complexity index is 424. The first-order valence-corrected chi connectivity index (χ1v) is 12.0. The fraction of sp³-hybridized carbons (Fsp3) is 0.833. The highest BCUT2D eigenvalue weighted by Crippen LogP contribution is 2.10. The number of allylic oxidation sites excluding steroid dienone is 2. The van der Waals surface area contributed by atoms with Crippen molar-refractivity contribution in [1.82, 2.24) is 0 Å². The maximum absolute atomic E-state index is 11.7. The van der Waals surface area contributed by atoms with Gasteiger partial charge in [-0.1, -0.05) is 76.9 Å². The first-order chi connectivity index (χ1) is 14.1. The van der Waals surface area contributed by atoms with Gasteiger partial charge in [-0.3, -0.25) is 4.79 Å². The molecule has 5 nitrogen and oxygen atoms in total. The van der Waals surface area contributed by atoms with Crippen LogP contribution < -0.4 is 11.5 Å². The van der Waals surface area contributed by atoms with Crippen LogP contribution in [0.2, 0.25) is 0 Å². The second kappa shape index (κ2) is 21.5. The maximum Gasteiger partial charge on any atom is 0.330 e. The third-order valence-corrected chi connectivity index (χ3v) is 5.13. The summed E-state index contributed by atoms with van der Waals surface area (Å²) in [6.45, 7) is 2.83. The van der Waals surface area contributed by atoms with Crippen LogP contribution in [-0.4, -0.2) is 24.5 Å². The van der Waals surface area contributed by atoms with Crippen LogP contribution in [0.3, 0.4) is 0 Å². The zero-order valence-electron chi connectivity index (χ0n) is 18.8. The number of carbonyl (C=O) groups excluding carboxylic acids is 2. The lowest BCUT2D eigenvalue weighted by Gasteiger charge is -2.09. The van der Waals surface area contributed by atoms with Crippen molar-refractivity contribution in [3.8, 4) is 0 Å². The number of nitrogens with two attached hydrogens (primary N) is 2. The molecular formula is C24H46N2O3. The molecule has 0 spiro atoms. The number of ether oxygens (including phenoxy) is 1. The molecular weight excluding hydrogens is 364 g/mol. The molecule has 5 heteroatoms. The smallest absolute Gasteiger partial charge is 0.330 e. The van der Waals surface area contributed by atoms with Gasteiger partial charge in [-0.2, -0.15) is 0 Å². The minimum atomic E-state index is -0.723. The molecule has 0 radical (unpaired) electrons. The van der Waals surface area contributed by atoms with Gasteiger partial charge in [-0.25, -0.2) is 4.79 Å². The highest BCUT2D eigenvalue weighted by Gasteiger charge is 2.18. The third-order valence-electron chi connectivity index (χ3n) is 5.13. The first-order valence-electron chi connectivity index (χ1n) is 12.0. The normalized spacial score (nSPS) is 12.4. The molecule has 0 heterocycles. The van der Waals surface area contributed by atoms with Crippen molar-refractivity contribution in [1.29, 1.82) is 0 Å². The molecule has 170 valence electrons. The summed E-state index contributed by atoms with van der Waals surface area (Å²) in [5.41, 5.74) is 11.1. The van der Waals surface area contributed by atoms with Gasteiger partial charge in [0.05, 0.1) is 0 Å². The standard InChI is InChI=1S/C24H46N2O3/c1-2-3-4-5-6-7-8-9-10-11-12-13-14-15-16-20-23(27)29-24(28)22(26)19-17-18-21-25/h9-10,22H,2-8,11-21,25-26H2,1H3/b10-9+/t22-/m0/s1. The van der Waals surface area contributed by atoms with Crippen molar-refractivity contribution in [2.75, 3.05) is 6.54 Å². The zero-order chi connectivity index (χ0) is 21.6. The van der Waals surface area contributed by atoms with Gasteiger partial charge in [0.1, 0.15) is 6.04 Å². The number of hydrogen-bond acceptors (Lipinski definition) is 5. The molecule has 4 N–H and O–H groups in total. The summed E-state index contributed by atoms with van der Waals surface area (Å²) in [7, 11) is 0. The van der Waals surface area contributed by atoms with E-state index in [-0.39, 0.29) is 0 Å². The Morgan fingerprint density at radius 3 is 1.93 bits per heavy atom. The van der Waals surface area contributed by atoms with E-state index < -0.39 is 18.0 Å². The Morgan fingerprint density at radius 2 is 1.34 bits per heavy atom. The molecule has 0 aliphatic carbocycles. The Morgan fingerprint density at radius 1 is 0.793 bits per heavy atom. The minimum Gasteiger partial charge on any atom is -0.392 e. The van der Waals surface area contributed by atoms with Crippen LogP contribution in [0.5, 0.6) is 0 Å². The number of rotatable bonds is 20. The van der Waals surface area contributed by atoms with Crippen molar-refractivity contribution in [3.05, 3.63) is 12.2 Å². The summed E-state index contributed by atoms with van der Waals surface area (Å²) in [6, 6.07) is -0.723. The minimum absolute atomic E-state index is 0.291. The summed E-state index contributed by atoms with van der Waals surface area (Å²) in [6.07, 6.45) is 22.8. The van der Waals surface area contributed by atoms with E-state index in [9.17, 15) is 9.59 Å². The van der Waals surface area contributed by atoms with E-state index in [0.29, 0.717) is 19.4 Å². The van der Waals surface area contributed by atoms with E-state index in [4.69, 9.17) is 16.2 Å². The third kappa shape index (κ3) is 19.9. The number of unbranched alkanes of at least 4 members (excludes halogenated alkanes) is 12. The van der Waals surface area contributed by atoms with Gasteiger partial charge in [0.2, 0.25) is 0 Å². The van der Waals surface area contributed by atoms with Gasteiger partial charge in [0.25, 0.3) is 0 Å². The van der Waals surface area contributed by atoms with Crippen LogP contribution in [0, 0.1) is 0 Å². The Kier molecular flexibility index (Phi) is 20.6. The average molecular weight is 411 g/mol. The zero-order valence-corrected chi connectivity index (χ0v) is 18.8. The predicted molar refractivity (Wildman–Crippen MR) is 121 cm³/mol. The van der Waals surface area contributed by atoms with Crippen molar-refractivity contribution in [3.63, 3.8) is 0 Å². The molecule has 0 aromatic rings. The lowest BCUT2D eigenvalue weighted by molar-refractivity contribution is -0.160. The lowest BCUT2D eigenvalue weighted by Crippen LogP contribution is -2.33. The van der Waals surface area contributed by atoms with Crippen molar-refractivity contribution >= 4 is 11.9 Å². The second-order valence-electron chi connectivity index (χ2n) is 8.02. The van der Waals surface area contributed by atoms with Crippen LogP contribution >= 0.6 is 0 Å². The number of hydrogen-bond donors (Lipinski definition) is 2. The Balaban J connectivity index is 3.43. The van der Waals surface area contributed by atoms with Gasteiger partial charge >= 0.3 is 11.9 Å². The summed E-state index contributed by atoms with van der Waals surface area (Å²) in [5, 5.41) is 0. The summed E-state index contributed by atoms with van der Waals surface area (Å²) in [4.78, 5) is 23.4. The van der Waals surface area contributed by atoms with E-state index in [0.717, 1.165) is 38.5 Å². The topological polar surface area (TPSA) is 95.4 Å². The molecule has 0 aliphatic rings. The van der Waals surface area contributed by atoms with Crippen LogP contribution in [0.25, 0.3) is 0 Å². The van der Waals surface area contributed by atoms with Crippen LogP contribution in [0.15, 0.2) is 12.2 Å². The van der Waals surface area contributed by atoms with E-state index >= 15 is 0 Å². The summed E-state index contributed by atoms with van der Waals surface area (Å²) >= 11 is 0. The van der Waals surface area contributed by atoms with E-state index in [1.807, 2.05) is 0 Å². The van der Waals surface area contributed by atoms with Gasteiger partial charge in [-0.15, -0.1) is 0 Å². The average Bonchev–Trinajstić information content (AvgIpc) is 2.70. The van der Waals surface area contributed by atoms with Gasteiger partial charge in [0.15, 0.2) is 0 Å². The monoisotopic (exact) mass is 410 g/mol. The molecule has 29 heavy (non-hydrogen) atoms.